The third-order valence-corrected chi connectivity index (χ3v) is 9.73. The van der Waals surface area contributed by atoms with Gasteiger partial charge in [0.1, 0.15) is 11.8 Å². The number of aryl methyl sites for hydroxylation is 1. The second-order valence-corrected chi connectivity index (χ2v) is 15.3. The number of phenols is 1. The van der Waals surface area contributed by atoms with Crippen molar-refractivity contribution in [2.24, 2.45) is 0 Å². The molecule has 2 aromatic carbocycles. The van der Waals surface area contributed by atoms with E-state index in [4.69, 9.17) is 4.98 Å². The number of rotatable bonds is 6. The SMILES string of the molecule is CC(=O)NC(Cc1c[nH]c2ccc(C)cc12)C(=O)N1CCC(c2nc(-c3cc(C(C)(C)C)c(O)c(C(C)(C)C)c3)cs2)CC1. The van der Waals surface area contributed by atoms with Crippen molar-refractivity contribution < 1.29 is 14.7 Å². The van der Waals surface area contributed by atoms with Crippen LogP contribution >= 0.6 is 11.3 Å². The molecule has 0 aliphatic carbocycles. The van der Waals surface area contributed by atoms with E-state index in [-0.39, 0.29) is 28.6 Å². The Morgan fingerprint density at radius 1 is 1.07 bits per heavy atom. The Morgan fingerprint density at radius 2 is 1.70 bits per heavy atom. The molecule has 1 fully saturated rings. The average Bonchev–Trinajstić information content (AvgIpc) is 3.59. The molecule has 1 aliphatic rings. The largest absolute Gasteiger partial charge is 0.507 e. The molecule has 4 aromatic rings. The zero-order chi connectivity index (χ0) is 32.0. The fourth-order valence-electron chi connectivity index (χ4n) is 6.23. The normalized spacial score (nSPS) is 15.5. The van der Waals surface area contributed by atoms with Crippen molar-refractivity contribution in [1.82, 2.24) is 20.2 Å². The van der Waals surface area contributed by atoms with Crippen molar-refractivity contribution in [3.05, 3.63) is 69.2 Å². The van der Waals surface area contributed by atoms with Crippen LogP contribution in [0.25, 0.3) is 22.2 Å². The monoisotopic (exact) mass is 614 g/mol. The number of phenolic OH excluding ortho intramolecular Hbond substituents is 1. The lowest BCUT2D eigenvalue weighted by Crippen LogP contribution is -2.51. The van der Waals surface area contributed by atoms with Gasteiger partial charge in [-0.05, 0) is 60.4 Å². The Hall–Kier alpha value is -3.65. The molecule has 2 aromatic heterocycles. The number of aromatic nitrogens is 2. The smallest absolute Gasteiger partial charge is 0.245 e. The third kappa shape index (κ3) is 6.70. The van der Waals surface area contributed by atoms with Crippen molar-refractivity contribution in [2.45, 2.75) is 97.4 Å². The van der Waals surface area contributed by atoms with Crippen molar-refractivity contribution >= 4 is 34.1 Å². The summed E-state index contributed by atoms with van der Waals surface area (Å²) < 4.78 is 0. The van der Waals surface area contributed by atoms with E-state index in [2.05, 4.69) is 88.4 Å². The van der Waals surface area contributed by atoms with Crippen LogP contribution in [0.4, 0.5) is 0 Å². The highest BCUT2D eigenvalue weighted by Gasteiger charge is 2.32. The minimum atomic E-state index is -0.612. The number of aromatic hydroxyl groups is 1. The van der Waals surface area contributed by atoms with Gasteiger partial charge >= 0.3 is 0 Å². The van der Waals surface area contributed by atoms with Gasteiger partial charge in [-0.15, -0.1) is 11.3 Å². The molecule has 1 atom stereocenters. The van der Waals surface area contributed by atoms with Crippen LogP contribution < -0.4 is 5.32 Å². The first kappa shape index (κ1) is 31.8. The number of thiazole rings is 1. The topological polar surface area (TPSA) is 98.3 Å². The summed E-state index contributed by atoms with van der Waals surface area (Å²) in [4.78, 5) is 36.1. The first-order valence-corrected chi connectivity index (χ1v) is 16.5. The number of fused-ring (bicyclic) bond motifs is 1. The maximum atomic E-state index is 13.7. The fourth-order valence-corrected chi connectivity index (χ4v) is 7.23. The van der Waals surface area contributed by atoms with Crippen LogP contribution in [0.3, 0.4) is 0 Å². The minimum absolute atomic E-state index is 0.0333. The second-order valence-electron chi connectivity index (χ2n) is 14.4. The van der Waals surface area contributed by atoms with Crippen LogP contribution in [0.15, 0.2) is 41.9 Å². The van der Waals surface area contributed by atoms with Gasteiger partial charge in [0.05, 0.1) is 10.7 Å². The lowest BCUT2D eigenvalue weighted by atomic mass is 9.78. The van der Waals surface area contributed by atoms with E-state index >= 15 is 0 Å². The number of piperidine rings is 1. The molecule has 0 saturated carbocycles. The highest BCUT2D eigenvalue weighted by atomic mass is 32.1. The summed E-state index contributed by atoms with van der Waals surface area (Å²) in [6, 6.07) is 9.79. The van der Waals surface area contributed by atoms with E-state index in [0.29, 0.717) is 25.3 Å². The summed E-state index contributed by atoms with van der Waals surface area (Å²) >= 11 is 1.67. The van der Waals surface area contributed by atoms with Crippen LogP contribution in [0.5, 0.6) is 5.75 Å². The number of hydrogen-bond acceptors (Lipinski definition) is 5. The lowest BCUT2D eigenvalue weighted by Gasteiger charge is -2.33. The predicted molar refractivity (Wildman–Crippen MR) is 180 cm³/mol. The van der Waals surface area contributed by atoms with E-state index in [0.717, 1.165) is 62.3 Å². The number of H-pyrrole nitrogens is 1. The van der Waals surface area contributed by atoms with Crippen molar-refractivity contribution in [3.8, 4) is 17.0 Å². The van der Waals surface area contributed by atoms with Gasteiger partial charge in [0.25, 0.3) is 0 Å². The summed E-state index contributed by atoms with van der Waals surface area (Å²) in [5.41, 5.74) is 6.61. The molecule has 0 bridgehead atoms. The predicted octanol–water partition coefficient (Wildman–Crippen LogP) is 7.35. The van der Waals surface area contributed by atoms with Gasteiger partial charge in [-0.3, -0.25) is 9.59 Å². The lowest BCUT2D eigenvalue weighted by molar-refractivity contribution is -0.137. The Morgan fingerprint density at radius 3 is 2.30 bits per heavy atom. The van der Waals surface area contributed by atoms with Gasteiger partial charge in [0.2, 0.25) is 11.8 Å². The number of amides is 2. The number of nitrogens with zero attached hydrogens (tertiary/aromatic N) is 2. The molecule has 7 nitrogen and oxygen atoms in total. The maximum absolute atomic E-state index is 13.7. The first-order valence-electron chi connectivity index (χ1n) is 15.6. The quantitative estimate of drug-likeness (QED) is 0.211. The third-order valence-electron chi connectivity index (χ3n) is 8.72. The fraction of sp³-hybridized carbons (Fsp3) is 0.472. The Kier molecular flexibility index (Phi) is 8.69. The summed E-state index contributed by atoms with van der Waals surface area (Å²) in [7, 11) is 0. The minimum Gasteiger partial charge on any atom is -0.507 e. The Balaban J connectivity index is 1.31. The van der Waals surface area contributed by atoms with E-state index in [1.807, 2.05) is 17.2 Å². The Labute approximate surface area is 265 Å². The number of likely N-dealkylation sites (tertiary alicyclic amines) is 1. The molecular weight excluding hydrogens is 568 g/mol. The van der Waals surface area contributed by atoms with Crippen molar-refractivity contribution in [3.63, 3.8) is 0 Å². The van der Waals surface area contributed by atoms with Gasteiger partial charge in [-0.2, -0.15) is 0 Å². The maximum Gasteiger partial charge on any atom is 0.245 e. The van der Waals surface area contributed by atoms with Crippen LogP contribution in [-0.4, -0.2) is 50.9 Å². The van der Waals surface area contributed by atoms with Crippen LogP contribution in [0, 0.1) is 6.92 Å². The zero-order valence-electron chi connectivity index (χ0n) is 27.3. The molecule has 1 unspecified atom stereocenters. The first-order chi connectivity index (χ1) is 20.6. The molecule has 3 heterocycles. The highest BCUT2D eigenvalue weighted by molar-refractivity contribution is 7.10. The van der Waals surface area contributed by atoms with E-state index < -0.39 is 6.04 Å². The van der Waals surface area contributed by atoms with Gasteiger partial charge < -0.3 is 20.3 Å². The molecule has 5 rings (SSSR count). The molecule has 0 radical (unpaired) electrons. The van der Waals surface area contributed by atoms with Crippen molar-refractivity contribution in [1.29, 1.82) is 0 Å². The van der Waals surface area contributed by atoms with Crippen LogP contribution in [0.2, 0.25) is 0 Å². The molecular formula is C36H46N4O3S. The number of carbonyl (C=O) groups excluding carboxylic acids is 2. The van der Waals surface area contributed by atoms with Gasteiger partial charge in [-0.1, -0.05) is 53.2 Å². The molecule has 2 amide bonds. The molecule has 44 heavy (non-hydrogen) atoms. The average molecular weight is 615 g/mol. The standard InChI is InChI=1S/C36H46N4O3S/c1-21-9-10-29-26(15-21)25(19-37-29)18-30(38-22(2)41)34(43)40-13-11-23(12-14-40)33-39-31(20-44-33)24-16-27(35(3,4)5)32(42)28(17-24)36(6,7)8/h9-10,15-17,19-20,23,30,37,42H,11-14,18H2,1-8H3,(H,38,41). The molecule has 0 spiro atoms. The van der Waals surface area contributed by atoms with Gasteiger partial charge in [0, 0.05) is 71.5 Å². The molecule has 234 valence electrons. The summed E-state index contributed by atoms with van der Waals surface area (Å²) in [5, 5.41) is 18.4. The number of hydrogen-bond donors (Lipinski definition) is 3. The highest BCUT2D eigenvalue weighted by Crippen LogP contribution is 2.42. The van der Waals surface area contributed by atoms with E-state index in [1.54, 1.807) is 11.3 Å². The van der Waals surface area contributed by atoms with Gasteiger partial charge in [0.15, 0.2) is 0 Å². The number of carbonyl (C=O) groups is 2. The molecule has 1 saturated heterocycles. The summed E-state index contributed by atoms with van der Waals surface area (Å²) in [6.07, 6.45) is 4.04. The second kappa shape index (κ2) is 12.0. The van der Waals surface area contributed by atoms with Crippen LogP contribution in [-0.2, 0) is 26.8 Å². The van der Waals surface area contributed by atoms with E-state index in [1.165, 1.54) is 6.92 Å². The zero-order valence-corrected chi connectivity index (χ0v) is 28.1. The number of aromatic amines is 1. The molecule has 8 heteroatoms. The number of nitrogens with one attached hydrogen (secondary N) is 2. The molecule has 3 N–H and O–H groups in total. The summed E-state index contributed by atoms with van der Waals surface area (Å²) in [5.74, 6) is 0.408. The number of benzene rings is 2. The molecule has 1 aliphatic heterocycles. The van der Waals surface area contributed by atoms with Crippen molar-refractivity contribution in [2.75, 3.05) is 13.1 Å². The van der Waals surface area contributed by atoms with Crippen LogP contribution in [0.1, 0.15) is 94.5 Å². The van der Waals surface area contributed by atoms with Gasteiger partial charge in [-0.25, -0.2) is 4.98 Å². The summed E-state index contributed by atoms with van der Waals surface area (Å²) in [6.45, 7) is 17.5. The van der Waals surface area contributed by atoms with E-state index in [9.17, 15) is 14.7 Å². The Bertz CT molecular complexity index is 1640.